The summed E-state index contributed by atoms with van der Waals surface area (Å²) in [6.07, 6.45) is 2.99. The summed E-state index contributed by atoms with van der Waals surface area (Å²) in [6.45, 7) is 11.6. The summed E-state index contributed by atoms with van der Waals surface area (Å²) in [6, 6.07) is 4.55. The second-order valence-corrected chi connectivity index (χ2v) is 7.16. The average molecular weight is 316 g/mol. The number of hydrogen-bond acceptors (Lipinski definition) is 5. The van der Waals surface area contributed by atoms with Crippen molar-refractivity contribution in [3.63, 3.8) is 0 Å². The van der Waals surface area contributed by atoms with Crippen molar-refractivity contribution in [1.82, 2.24) is 14.9 Å². The Morgan fingerprint density at radius 1 is 1.09 bits per heavy atom. The van der Waals surface area contributed by atoms with Crippen molar-refractivity contribution >= 4 is 17.2 Å². The van der Waals surface area contributed by atoms with Crippen LogP contribution >= 0.6 is 11.3 Å². The van der Waals surface area contributed by atoms with Crippen LogP contribution < -0.4 is 4.90 Å². The molecule has 1 aliphatic rings. The Hall–Kier alpha value is -1.46. The van der Waals surface area contributed by atoms with Gasteiger partial charge in [0.25, 0.3) is 0 Å². The standard InChI is InChI=1S/C17H24N4S/c1-4-15-5-6-16(22-15)12-20-7-9-21(10-8-20)17-14(3)18-11-13(2)19-17/h5-6,11H,4,7-10,12H2,1-3H3. The smallest absolute Gasteiger partial charge is 0.150 e. The van der Waals surface area contributed by atoms with Gasteiger partial charge in [0.05, 0.1) is 11.4 Å². The molecule has 3 rings (SSSR count). The number of anilines is 1. The number of hydrogen-bond donors (Lipinski definition) is 0. The van der Waals surface area contributed by atoms with Crippen LogP contribution in [0.5, 0.6) is 0 Å². The van der Waals surface area contributed by atoms with Gasteiger partial charge >= 0.3 is 0 Å². The quantitative estimate of drug-likeness (QED) is 0.868. The maximum absolute atomic E-state index is 4.67. The van der Waals surface area contributed by atoms with Gasteiger partial charge in [-0.15, -0.1) is 11.3 Å². The minimum atomic E-state index is 0.994. The fourth-order valence-electron chi connectivity index (χ4n) is 2.86. The van der Waals surface area contributed by atoms with Crippen molar-refractivity contribution in [2.75, 3.05) is 31.1 Å². The minimum absolute atomic E-state index is 0.994. The average Bonchev–Trinajstić information content (AvgIpc) is 2.98. The van der Waals surface area contributed by atoms with E-state index in [0.29, 0.717) is 0 Å². The van der Waals surface area contributed by atoms with Crippen LogP contribution in [0.1, 0.15) is 28.1 Å². The van der Waals surface area contributed by atoms with Gasteiger partial charge in [-0.05, 0) is 32.4 Å². The maximum Gasteiger partial charge on any atom is 0.150 e. The van der Waals surface area contributed by atoms with E-state index in [0.717, 1.165) is 56.4 Å². The topological polar surface area (TPSA) is 32.3 Å². The Morgan fingerprint density at radius 3 is 2.50 bits per heavy atom. The van der Waals surface area contributed by atoms with E-state index in [-0.39, 0.29) is 0 Å². The molecule has 118 valence electrons. The van der Waals surface area contributed by atoms with Gasteiger partial charge in [-0.1, -0.05) is 6.92 Å². The van der Waals surface area contributed by atoms with E-state index in [4.69, 9.17) is 0 Å². The molecular weight excluding hydrogens is 292 g/mol. The van der Waals surface area contributed by atoms with E-state index in [1.807, 2.05) is 31.4 Å². The molecule has 0 spiro atoms. The monoisotopic (exact) mass is 316 g/mol. The van der Waals surface area contributed by atoms with Crippen LogP contribution in [0.15, 0.2) is 18.3 Å². The first kappa shape index (κ1) is 15.4. The van der Waals surface area contributed by atoms with E-state index in [9.17, 15) is 0 Å². The van der Waals surface area contributed by atoms with Crippen molar-refractivity contribution in [2.24, 2.45) is 0 Å². The second-order valence-electron chi connectivity index (χ2n) is 5.91. The van der Waals surface area contributed by atoms with E-state index in [1.165, 1.54) is 9.75 Å². The molecular formula is C17H24N4S. The van der Waals surface area contributed by atoms with Crippen LogP contribution in [0.3, 0.4) is 0 Å². The number of aromatic nitrogens is 2. The maximum atomic E-state index is 4.67. The molecule has 0 radical (unpaired) electrons. The molecule has 4 nitrogen and oxygen atoms in total. The molecule has 22 heavy (non-hydrogen) atoms. The molecule has 0 aromatic carbocycles. The van der Waals surface area contributed by atoms with Gasteiger partial charge in [-0.2, -0.15) is 0 Å². The zero-order valence-electron chi connectivity index (χ0n) is 13.7. The largest absolute Gasteiger partial charge is 0.353 e. The molecule has 0 N–H and O–H groups in total. The molecule has 0 amide bonds. The molecule has 2 aromatic rings. The predicted octanol–water partition coefficient (Wildman–Crippen LogP) is 3.04. The van der Waals surface area contributed by atoms with Gasteiger partial charge in [-0.25, -0.2) is 4.98 Å². The lowest BCUT2D eigenvalue weighted by Gasteiger charge is -2.35. The highest BCUT2D eigenvalue weighted by atomic mass is 32.1. The number of aryl methyl sites for hydroxylation is 3. The summed E-state index contributed by atoms with van der Waals surface area (Å²) >= 11 is 1.95. The molecule has 0 unspecified atom stereocenters. The fraction of sp³-hybridized carbons (Fsp3) is 0.529. The van der Waals surface area contributed by atoms with Crippen LogP contribution in [-0.2, 0) is 13.0 Å². The minimum Gasteiger partial charge on any atom is -0.353 e. The first-order valence-electron chi connectivity index (χ1n) is 8.01. The Morgan fingerprint density at radius 2 is 1.82 bits per heavy atom. The third-order valence-corrected chi connectivity index (χ3v) is 5.38. The predicted molar refractivity (Wildman–Crippen MR) is 92.7 cm³/mol. The van der Waals surface area contributed by atoms with Crippen LogP contribution in [0.2, 0.25) is 0 Å². The number of rotatable bonds is 4. The number of nitrogens with zero attached hydrogens (tertiary/aromatic N) is 4. The van der Waals surface area contributed by atoms with Gasteiger partial charge in [0.15, 0.2) is 0 Å². The highest BCUT2D eigenvalue weighted by Crippen LogP contribution is 2.21. The summed E-state index contributed by atoms with van der Waals surface area (Å²) < 4.78 is 0. The van der Waals surface area contributed by atoms with E-state index in [2.05, 4.69) is 38.8 Å². The van der Waals surface area contributed by atoms with Gasteiger partial charge in [0.2, 0.25) is 0 Å². The molecule has 0 atom stereocenters. The Balaban J connectivity index is 1.59. The third kappa shape index (κ3) is 3.47. The lowest BCUT2D eigenvalue weighted by atomic mass is 10.2. The lowest BCUT2D eigenvalue weighted by molar-refractivity contribution is 0.251. The molecule has 0 aliphatic carbocycles. The van der Waals surface area contributed by atoms with Gasteiger partial charge in [0, 0.05) is 48.7 Å². The van der Waals surface area contributed by atoms with E-state index >= 15 is 0 Å². The van der Waals surface area contributed by atoms with Crippen LogP contribution in [0.4, 0.5) is 5.82 Å². The molecule has 0 bridgehead atoms. The highest BCUT2D eigenvalue weighted by molar-refractivity contribution is 7.11. The number of piperazine rings is 1. The second kappa shape index (κ2) is 6.75. The molecule has 5 heteroatoms. The summed E-state index contributed by atoms with van der Waals surface area (Å²) in [7, 11) is 0. The van der Waals surface area contributed by atoms with Gasteiger partial charge < -0.3 is 4.90 Å². The lowest BCUT2D eigenvalue weighted by Crippen LogP contribution is -2.46. The molecule has 3 heterocycles. The SMILES string of the molecule is CCc1ccc(CN2CCN(c3nc(C)cnc3C)CC2)s1. The molecule has 1 saturated heterocycles. The Bertz CT molecular complexity index is 629. The zero-order valence-corrected chi connectivity index (χ0v) is 14.5. The summed E-state index contributed by atoms with van der Waals surface area (Å²) in [4.78, 5) is 17.0. The van der Waals surface area contributed by atoms with Crippen molar-refractivity contribution in [1.29, 1.82) is 0 Å². The highest BCUT2D eigenvalue weighted by Gasteiger charge is 2.20. The summed E-state index contributed by atoms with van der Waals surface area (Å²) in [5, 5.41) is 0. The first-order chi connectivity index (χ1) is 10.7. The molecule has 1 aliphatic heterocycles. The van der Waals surface area contributed by atoms with Gasteiger partial charge in [-0.3, -0.25) is 9.88 Å². The normalized spacial score (nSPS) is 16.2. The molecule has 0 saturated carbocycles. The van der Waals surface area contributed by atoms with Crippen LogP contribution in [0.25, 0.3) is 0 Å². The Labute approximate surface area is 136 Å². The summed E-state index contributed by atoms with van der Waals surface area (Å²) in [5.41, 5.74) is 2.03. The fourth-order valence-corrected chi connectivity index (χ4v) is 3.86. The van der Waals surface area contributed by atoms with Gasteiger partial charge in [0.1, 0.15) is 5.82 Å². The van der Waals surface area contributed by atoms with E-state index < -0.39 is 0 Å². The number of thiophene rings is 1. The Kier molecular flexibility index (Phi) is 4.74. The van der Waals surface area contributed by atoms with Crippen molar-refractivity contribution in [3.8, 4) is 0 Å². The zero-order chi connectivity index (χ0) is 15.5. The summed E-state index contributed by atoms with van der Waals surface area (Å²) in [5.74, 6) is 1.06. The van der Waals surface area contributed by atoms with Crippen LogP contribution in [-0.4, -0.2) is 41.0 Å². The van der Waals surface area contributed by atoms with Crippen LogP contribution in [0, 0.1) is 13.8 Å². The van der Waals surface area contributed by atoms with Crippen molar-refractivity contribution in [2.45, 2.75) is 33.7 Å². The molecule has 2 aromatic heterocycles. The third-order valence-electron chi connectivity index (χ3n) is 4.17. The van der Waals surface area contributed by atoms with Crippen molar-refractivity contribution < 1.29 is 0 Å². The van der Waals surface area contributed by atoms with Crippen molar-refractivity contribution in [3.05, 3.63) is 39.5 Å². The molecule has 1 fully saturated rings. The van der Waals surface area contributed by atoms with E-state index in [1.54, 1.807) is 0 Å². The first-order valence-corrected chi connectivity index (χ1v) is 8.82.